The Hall–Kier alpha value is -3.14. The number of aryl methyl sites for hydroxylation is 1. The number of ether oxygens (including phenoxy) is 1. The van der Waals surface area contributed by atoms with Crippen LogP contribution in [0.4, 0.5) is 0 Å². The highest BCUT2D eigenvalue weighted by Gasteiger charge is 2.10. The van der Waals surface area contributed by atoms with Crippen molar-refractivity contribution in [2.24, 2.45) is 7.05 Å². The normalized spacial score (nSPS) is 11.0. The zero-order valence-electron chi connectivity index (χ0n) is 12.6. The second-order valence-electron chi connectivity index (χ2n) is 5.46. The van der Waals surface area contributed by atoms with Crippen LogP contribution in [0.2, 0.25) is 0 Å². The van der Waals surface area contributed by atoms with E-state index in [2.05, 4.69) is 4.98 Å². The molecular formula is C19H14N2O2. The van der Waals surface area contributed by atoms with Crippen LogP contribution >= 0.6 is 0 Å². The lowest BCUT2D eigenvalue weighted by atomic mass is 10.1. The van der Waals surface area contributed by atoms with Crippen LogP contribution < -0.4 is 4.74 Å². The van der Waals surface area contributed by atoms with Crippen molar-refractivity contribution >= 4 is 27.8 Å². The molecule has 0 unspecified atom stereocenters. The second-order valence-corrected chi connectivity index (χ2v) is 5.46. The number of hydrogen-bond acceptors (Lipinski definition) is 3. The van der Waals surface area contributed by atoms with Crippen LogP contribution in [-0.4, -0.2) is 15.5 Å². The minimum absolute atomic E-state index is 0.369. The summed E-state index contributed by atoms with van der Waals surface area (Å²) in [5.74, 6) is 0.125. The Morgan fingerprint density at radius 3 is 2.70 bits per heavy atom. The van der Waals surface area contributed by atoms with E-state index < -0.39 is 0 Å². The highest BCUT2D eigenvalue weighted by atomic mass is 16.5. The fourth-order valence-corrected chi connectivity index (χ4v) is 2.66. The number of fused-ring (bicyclic) bond motifs is 2. The molecule has 0 N–H and O–H groups in total. The lowest BCUT2D eigenvalue weighted by molar-refractivity contribution is 0.0735. The zero-order chi connectivity index (χ0) is 15.8. The highest BCUT2D eigenvalue weighted by molar-refractivity contribution is 5.96. The van der Waals surface area contributed by atoms with E-state index in [1.807, 2.05) is 54.1 Å². The van der Waals surface area contributed by atoms with Crippen LogP contribution in [-0.2, 0) is 7.05 Å². The van der Waals surface area contributed by atoms with Gasteiger partial charge in [0.05, 0.1) is 22.9 Å². The van der Waals surface area contributed by atoms with Gasteiger partial charge in [-0.25, -0.2) is 9.78 Å². The Labute approximate surface area is 132 Å². The Morgan fingerprint density at radius 2 is 1.83 bits per heavy atom. The third kappa shape index (κ3) is 2.44. The van der Waals surface area contributed by atoms with Crippen LogP contribution in [0, 0.1) is 0 Å². The number of benzene rings is 3. The van der Waals surface area contributed by atoms with Crippen LogP contribution in [0.1, 0.15) is 10.4 Å². The van der Waals surface area contributed by atoms with E-state index in [9.17, 15) is 4.79 Å². The van der Waals surface area contributed by atoms with Gasteiger partial charge < -0.3 is 9.30 Å². The molecule has 1 aromatic heterocycles. The van der Waals surface area contributed by atoms with Gasteiger partial charge in [-0.05, 0) is 35.0 Å². The van der Waals surface area contributed by atoms with Gasteiger partial charge in [-0.2, -0.15) is 0 Å². The fraction of sp³-hybridized carbons (Fsp3) is 0.0526. The maximum Gasteiger partial charge on any atom is 0.343 e. The molecule has 4 heteroatoms. The number of imidazole rings is 1. The maximum atomic E-state index is 12.4. The molecule has 0 aliphatic carbocycles. The molecule has 0 spiro atoms. The van der Waals surface area contributed by atoms with Crippen molar-refractivity contribution in [2.45, 2.75) is 0 Å². The standard InChI is InChI=1S/C19H14N2O2/c1-21-12-20-17-11-16(8-9-18(17)21)23-19(22)15-7-6-13-4-2-3-5-14(13)10-15/h2-12H,1H3. The van der Waals surface area contributed by atoms with E-state index in [0.29, 0.717) is 11.3 Å². The topological polar surface area (TPSA) is 44.1 Å². The summed E-state index contributed by atoms with van der Waals surface area (Å²) in [4.78, 5) is 16.6. The lowest BCUT2D eigenvalue weighted by Crippen LogP contribution is -2.08. The van der Waals surface area contributed by atoms with Gasteiger partial charge in [0.15, 0.2) is 0 Å². The van der Waals surface area contributed by atoms with E-state index in [0.717, 1.165) is 21.8 Å². The highest BCUT2D eigenvalue weighted by Crippen LogP contribution is 2.21. The monoisotopic (exact) mass is 302 g/mol. The summed E-state index contributed by atoms with van der Waals surface area (Å²) in [5.41, 5.74) is 2.33. The predicted octanol–water partition coefficient (Wildman–Crippen LogP) is 3.95. The van der Waals surface area contributed by atoms with Gasteiger partial charge in [0, 0.05) is 13.1 Å². The molecular weight excluding hydrogens is 288 g/mol. The third-order valence-corrected chi connectivity index (χ3v) is 3.89. The van der Waals surface area contributed by atoms with Crippen LogP contribution in [0.15, 0.2) is 67.0 Å². The largest absolute Gasteiger partial charge is 0.423 e. The number of carbonyl (C=O) groups excluding carboxylic acids is 1. The van der Waals surface area contributed by atoms with Crippen molar-refractivity contribution in [2.75, 3.05) is 0 Å². The molecule has 3 aromatic carbocycles. The number of rotatable bonds is 2. The van der Waals surface area contributed by atoms with E-state index in [1.54, 1.807) is 24.5 Å². The number of nitrogens with zero attached hydrogens (tertiary/aromatic N) is 2. The first-order valence-corrected chi connectivity index (χ1v) is 7.33. The summed E-state index contributed by atoms with van der Waals surface area (Å²) >= 11 is 0. The molecule has 0 amide bonds. The molecule has 23 heavy (non-hydrogen) atoms. The van der Waals surface area contributed by atoms with E-state index >= 15 is 0 Å². The molecule has 0 aliphatic heterocycles. The summed E-state index contributed by atoms with van der Waals surface area (Å²) in [6.45, 7) is 0. The summed E-state index contributed by atoms with van der Waals surface area (Å²) in [6.07, 6.45) is 1.74. The van der Waals surface area contributed by atoms with E-state index in [4.69, 9.17) is 4.74 Å². The molecule has 112 valence electrons. The van der Waals surface area contributed by atoms with Crippen molar-refractivity contribution in [1.29, 1.82) is 0 Å². The number of hydrogen-bond donors (Lipinski definition) is 0. The maximum absolute atomic E-state index is 12.4. The van der Waals surface area contributed by atoms with Crippen LogP contribution in [0.25, 0.3) is 21.8 Å². The molecule has 1 heterocycles. The number of aromatic nitrogens is 2. The second kappa shape index (κ2) is 5.25. The van der Waals surface area contributed by atoms with Gasteiger partial charge >= 0.3 is 5.97 Å². The number of esters is 1. The summed E-state index contributed by atoms with van der Waals surface area (Å²) in [6, 6.07) is 18.9. The van der Waals surface area contributed by atoms with Gasteiger partial charge in [-0.15, -0.1) is 0 Å². The van der Waals surface area contributed by atoms with Crippen molar-refractivity contribution in [3.8, 4) is 5.75 Å². The van der Waals surface area contributed by atoms with Gasteiger partial charge in [-0.1, -0.05) is 30.3 Å². The zero-order valence-corrected chi connectivity index (χ0v) is 12.6. The van der Waals surface area contributed by atoms with Crippen molar-refractivity contribution in [3.63, 3.8) is 0 Å². The Balaban J connectivity index is 1.64. The Kier molecular flexibility index (Phi) is 3.08. The minimum Gasteiger partial charge on any atom is -0.423 e. The molecule has 4 rings (SSSR count). The third-order valence-electron chi connectivity index (χ3n) is 3.89. The molecule has 4 aromatic rings. The van der Waals surface area contributed by atoms with Gasteiger partial charge in [0.2, 0.25) is 0 Å². The Bertz CT molecular complexity index is 1030. The molecule has 4 nitrogen and oxygen atoms in total. The Morgan fingerprint density at radius 1 is 1.00 bits per heavy atom. The first-order chi connectivity index (χ1) is 11.2. The van der Waals surface area contributed by atoms with E-state index in [1.165, 1.54) is 0 Å². The summed E-state index contributed by atoms with van der Waals surface area (Å²) in [7, 11) is 1.93. The minimum atomic E-state index is -0.369. The summed E-state index contributed by atoms with van der Waals surface area (Å²) < 4.78 is 7.40. The van der Waals surface area contributed by atoms with Crippen molar-refractivity contribution < 1.29 is 9.53 Å². The molecule has 0 saturated carbocycles. The quantitative estimate of drug-likeness (QED) is 0.416. The SMILES string of the molecule is Cn1cnc2cc(OC(=O)c3ccc4ccccc4c3)ccc21. The van der Waals surface area contributed by atoms with Crippen LogP contribution in [0.3, 0.4) is 0 Å². The first kappa shape index (κ1) is 13.5. The summed E-state index contributed by atoms with van der Waals surface area (Å²) in [5, 5.41) is 2.11. The molecule has 0 fully saturated rings. The fourth-order valence-electron chi connectivity index (χ4n) is 2.66. The molecule has 0 atom stereocenters. The van der Waals surface area contributed by atoms with Crippen molar-refractivity contribution in [1.82, 2.24) is 9.55 Å². The van der Waals surface area contributed by atoms with Gasteiger partial charge in [-0.3, -0.25) is 0 Å². The number of carbonyl (C=O) groups is 1. The van der Waals surface area contributed by atoms with Gasteiger partial charge in [0.25, 0.3) is 0 Å². The average Bonchev–Trinajstić information content (AvgIpc) is 2.95. The first-order valence-electron chi connectivity index (χ1n) is 7.33. The lowest BCUT2D eigenvalue weighted by Gasteiger charge is -2.06. The molecule has 0 radical (unpaired) electrons. The van der Waals surface area contributed by atoms with Crippen molar-refractivity contribution in [3.05, 3.63) is 72.6 Å². The molecule has 0 aliphatic rings. The predicted molar refractivity (Wildman–Crippen MR) is 89.6 cm³/mol. The molecule has 0 saturated heterocycles. The van der Waals surface area contributed by atoms with Gasteiger partial charge in [0.1, 0.15) is 5.75 Å². The van der Waals surface area contributed by atoms with E-state index in [-0.39, 0.29) is 5.97 Å². The van der Waals surface area contributed by atoms with Crippen LogP contribution in [0.5, 0.6) is 5.75 Å². The smallest absolute Gasteiger partial charge is 0.343 e. The molecule has 0 bridgehead atoms. The average molecular weight is 302 g/mol.